The molecule has 0 radical (unpaired) electrons. The van der Waals surface area contributed by atoms with Crippen molar-refractivity contribution in [3.05, 3.63) is 58.2 Å². The SMILES string of the molecule is CCCc1cc2c(N3CCn4c(nnc4C(F)(F)F)C3)nc(C(=O)N[C@@H](CSCc3ccc(OC)cc3)CC(=O)OC(C)C)nc2s1. The van der Waals surface area contributed by atoms with Gasteiger partial charge in [0.05, 0.1) is 31.6 Å². The van der Waals surface area contributed by atoms with Crippen LogP contribution in [-0.2, 0) is 41.0 Å². The minimum Gasteiger partial charge on any atom is -0.497 e. The fraction of sp³-hybridized carbons (Fsp3) is 0.484. The molecule has 11 nitrogen and oxygen atoms in total. The van der Waals surface area contributed by atoms with E-state index in [-0.39, 0.29) is 43.8 Å². The Hall–Kier alpha value is -3.92. The maximum Gasteiger partial charge on any atom is 0.451 e. The van der Waals surface area contributed by atoms with Gasteiger partial charge in [0.25, 0.3) is 5.91 Å². The van der Waals surface area contributed by atoms with E-state index >= 15 is 0 Å². The third kappa shape index (κ3) is 8.52. The number of amides is 1. The number of thiophene rings is 1. The van der Waals surface area contributed by atoms with E-state index in [1.165, 1.54) is 11.3 Å². The molecule has 1 aliphatic heterocycles. The number of ether oxygens (including phenoxy) is 2. The van der Waals surface area contributed by atoms with E-state index in [1.54, 1.807) is 37.6 Å². The first-order valence-corrected chi connectivity index (χ1v) is 17.2. The Morgan fingerprint density at radius 1 is 1.13 bits per heavy atom. The molecule has 0 saturated heterocycles. The molecule has 1 amide bonds. The number of esters is 1. The molecular weight excluding hydrogens is 656 g/mol. The predicted octanol–water partition coefficient (Wildman–Crippen LogP) is 5.66. The molecule has 252 valence electrons. The maximum absolute atomic E-state index is 13.7. The summed E-state index contributed by atoms with van der Waals surface area (Å²) < 4.78 is 52.0. The molecule has 1 aliphatic rings. The predicted molar refractivity (Wildman–Crippen MR) is 174 cm³/mol. The summed E-state index contributed by atoms with van der Waals surface area (Å²) in [7, 11) is 1.60. The van der Waals surface area contributed by atoms with Crippen molar-refractivity contribution in [1.29, 1.82) is 0 Å². The number of nitrogens with one attached hydrogen (secondary N) is 1. The Kier molecular flexibility index (Phi) is 10.9. The standard InChI is InChI=1S/C31H36F3N7O4S2/c1-5-6-22-14-23-27(40-11-12-41-24(15-40)38-39-30(41)31(32,33)34)36-26(37-29(23)47-22)28(43)35-20(13-25(42)45-18(2)3)17-46-16-19-7-9-21(44-4)10-8-19/h7-10,14,18,20H,5-6,11-13,15-17H2,1-4H3,(H,35,43)/t20-/m1/s1. The van der Waals surface area contributed by atoms with Crippen LogP contribution in [0.2, 0.25) is 0 Å². The molecule has 0 bridgehead atoms. The number of hydrogen-bond acceptors (Lipinski definition) is 11. The molecule has 1 N–H and O–H groups in total. The van der Waals surface area contributed by atoms with E-state index in [9.17, 15) is 22.8 Å². The number of carbonyl (C=O) groups is 2. The van der Waals surface area contributed by atoms with Gasteiger partial charge in [0.1, 0.15) is 16.4 Å². The normalized spacial score (nSPS) is 13.9. The average molecular weight is 692 g/mol. The monoisotopic (exact) mass is 691 g/mol. The Balaban J connectivity index is 1.39. The van der Waals surface area contributed by atoms with Gasteiger partial charge >= 0.3 is 12.1 Å². The van der Waals surface area contributed by atoms with E-state index in [4.69, 9.17) is 9.47 Å². The Morgan fingerprint density at radius 2 is 1.89 bits per heavy atom. The number of halogens is 3. The van der Waals surface area contributed by atoms with Crippen molar-refractivity contribution in [3.8, 4) is 5.75 Å². The average Bonchev–Trinajstić information content (AvgIpc) is 3.64. The summed E-state index contributed by atoms with van der Waals surface area (Å²) in [6, 6.07) is 9.06. The zero-order chi connectivity index (χ0) is 33.7. The van der Waals surface area contributed by atoms with Crippen molar-refractivity contribution in [1.82, 2.24) is 30.0 Å². The van der Waals surface area contributed by atoms with Gasteiger partial charge in [0.2, 0.25) is 11.6 Å². The smallest absolute Gasteiger partial charge is 0.451 e. The molecular formula is C31H36F3N7O4S2. The number of nitrogens with zero attached hydrogens (tertiary/aromatic N) is 6. The lowest BCUT2D eigenvalue weighted by atomic mass is 10.2. The van der Waals surface area contributed by atoms with Crippen LogP contribution in [0.5, 0.6) is 5.75 Å². The lowest BCUT2D eigenvalue weighted by Crippen LogP contribution is -2.40. The number of aryl methyl sites for hydroxylation is 1. The van der Waals surface area contributed by atoms with E-state index in [0.29, 0.717) is 27.5 Å². The molecule has 0 spiro atoms. The second kappa shape index (κ2) is 14.9. The maximum atomic E-state index is 13.7. The number of fused-ring (bicyclic) bond motifs is 2. The van der Waals surface area contributed by atoms with Crippen LogP contribution in [0.25, 0.3) is 10.2 Å². The van der Waals surface area contributed by atoms with Crippen LogP contribution in [0.3, 0.4) is 0 Å². The summed E-state index contributed by atoms with van der Waals surface area (Å²) in [5.74, 6) is 0.276. The van der Waals surface area contributed by atoms with E-state index in [0.717, 1.165) is 33.6 Å². The summed E-state index contributed by atoms with van der Waals surface area (Å²) in [6.07, 6.45) is -3.26. The minimum atomic E-state index is -4.62. The van der Waals surface area contributed by atoms with Crippen LogP contribution in [-0.4, -0.2) is 68.2 Å². The number of benzene rings is 1. The lowest BCUT2D eigenvalue weighted by Gasteiger charge is -2.29. The molecule has 5 rings (SSSR count). The summed E-state index contributed by atoms with van der Waals surface area (Å²) in [6.45, 7) is 5.81. The quantitative estimate of drug-likeness (QED) is 0.176. The third-order valence-corrected chi connectivity index (χ3v) is 9.56. The van der Waals surface area contributed by atoms with Crippen LogP contribution >= 0.6 is 23.1 Å². The number of hydrogen-bond donors (Lipinski definition) is 1. The molecule has 4 heterocycles. The second-order valence-electron chi connectivity index (χ2n) is 11.3. The molecule has 0 unspecified atom stereocenters. The summed E-state index contributed by atoms with van der Waals surface area (Å²) in [4.78, 5) is 39.0. The van der Waals surface area contributed by atoms with Gasteiger partial charge in [-0.05, 0) is 44.0 Å². The highest BCUT2D eigenvalue weighted by Gasteiger charge is 2.40. The first kappa shape index (κ1) is 34.4. The van der Waals surface area contributed by atoms with Gasteiger partial charge in [-0.1, -0.05) is 25.5 Å². The number of rotatable bonds is 13. The highest BCUT2D eigenvalue weighted by atomic mass is 32.2. The van der Waals surface area contributed by atoms with Crippen LogP contribution < -0.4 is 15.0 Å². The Bertz CT molecular complexity index is 1710. The molecule has 0 fully saturated rings. The zero-order valence-electron chi connectivity index (χ0n) is 26.5. The molecule has 16 heteroatoms. The summed E-state index contributed by atoms with van der Waals surface area (Å²) in [5, 5.41) is 10.8. The highest BCUT2D eigenvalue weighted by molar-refractivity contribution is 7.98. The van der Waals surface area contributed by atoms with Crippen LogP contribution in [0.1, 0.15) is 66.3 Å². The van der Waals surface area contributed by atoms with E-state index < -0.39 is 29.9 Å². The fourth-order valence-electron chi connectivity index (χ4n) is 5.17. The minimum absolute atomic E-state index is 0.00160. The first-order chi connectivity index (χ1) is 22.4. The Morgan fingerprint density at radius 3 is 2.57 bits per heavy atom. The Labute approximate surface area is 278 Å². The molecule has 0 saturated carbocycles. The first-order valence-electron chi connectivity index (χ1n) is 15.2. The van der Waals surface area contributed by atoms with Gasteiger partial charge in [-0.15, -0.1) is 21.5 Å². The zero-order valence-corrected chi connectivity index (χ0v) is 28.1. The van der Waals surface area contributed by atoms with Gasteiger partial charge in [-0.25, -0.2) is 9.97 Å². The molecule has 47 heavy (non-hydrogen) atoms. The van der Waals surface area contributed by atoms with Crippen LogP contribution in [0.4, 0.5) is 19.0 Å². The van der Waals surface area contributed by atoms with Crippen LogP contribution in [0, 0.1) is 0 Å². The van der Waals surface area contributed by atoms with Gasteiger partial charge in [0, 0.05) is 35.5 Å². The second-order valence-corrected chi connectivity index (χ2v) is 13.5. The molecule has 4 aromatic rings. The van der Waals surface area contributed by atoms with Crippen LogP contribution in [0.15, 0.2) is 30.3 Å². The topological polar surface area (TPSA) is 124 Å². The van der Waals surface area contributed by atoms with E-state index in [2.05, 4.69) is 32.4 Å². The number of methoxy groups -OCH3 is 1. The van der Waals surface area contributed by atoms with Crippen molar-refractivity contribution >= 4 is 51.0 Å². The van der Waals surface area contributed by atoms with Gasteiger partial charge in [-0.3, -0.25) is 9.59 Å². The van der Waals surface area contributed by atoms with E-state index in [1.807, 2.05) is 30.3 Å². The number of aromatic nitrogens is 5. The lowest BCUT2D eigenvalue weighted by molar-refractivity contribution is -0.148. The number of alkyl halides is 3. The van der Waals surface area contributed by atoms with Gasteiger partial charge in [-0.2, -0.15) is 24.9 Å². The van der Waals surface area contributed by atoms with Gasteiger partial charge in [0.15, 0.2) is 5.82 Å². The fourth-order valence-corrected chi connectivity index (χ4v) is 7.33. The summed E-state index contributed by atoms with van der Waals surface area (Å²) >= 11 is 3.00. The van der Waals surface area contributed by atoms with Crippen molar-refractivity contribution in [3.63, 3.8) is 0 Å². The highest BCUT2D eigenvalue weighted by Crippen LogP contribution is 2.35. The largest absolute Gasteiger partial charge is 0.497 e. The third-order valence-electron chi connectivity index (χ3n) is 7.29. The van der Waals surface area contributed by atoms with Crippen molar-refractivity contribution in [2.45, 2.75) is 77.2 Å². The molecule has 1 aromatic carbocycles. The molecule has 0 aliphatic carbocycles. The van der Waals surface area contributed by atoms with Crippen molar-refractivity contribution in [2.75, 3.05) is 24.3 Å². The van der Waals surface area contributed by atoms with Gasteiger partial charge < -0.3 is 24.3 Å². The van der Waals surface area contributed by atoms with Crippen molar-refractivity contribution < 1.29 is 32.2 Å². The number of carbonyl (C=O) groups excluding carboxylic acids is 2. The van der Waals surface area contributed by atoms with Crippen molar-refractivity contribution in [2.24, 2.45) is 0 Å². The molecule has 3 aromatic heterocycles. The summed E-state index contributed by atoms with van der Waals surface area (Å²) in [5.41, 5.74) is 1.06. The molecule has 1 atom stereocenters. The number of thioether (sulfide) groups is 1. The number of anilines is 1.